The van der Waals surface area contributed by atoms with Gasteiger partial charge in [-0.15, -0.1) is 0 Å². The first-order valence-electron chi connectivity index (χ1n) is 23.9. The molecule has 17 nitrogen and oxygen atoms in total. The first-order chi connectivity index (χ1) is 31.5. The molecule has 0 spiro atoms. The predicted molar refractivity (Wildman–Crippen MR) is 252 cm³/mol. The second kappa shape index (κ2) is 37.5. The lowest BCUT2D eigenvalue weighted by atomic mass is 9.85. The third-order valence-corrected chi connectivity index (χ3v) is 12.1. The first kappa shape index (κ1) is 61.7. The van der Waals surface area contributed by atoms with Crippen molar-refractivity contribution in [1.82, 2.24) is 0 Å². The summed E-state index contributed by atoms with van der Waals surface area (Å²) in [7, 11) is -10.7. The molecule has 0 aliphatic heterocycles. The lowest BCUT2D eigenvalue weighted by molar-refractivity contribution is -0.216. The van der Waals surface area contributed by atoms with Gasteiger partial charge in [0.2, 0.25) is 0 Å². The smallest absolute Gasteiger partial charge is 0.462 e. The van der Waals surface area contributed by atoms with E-state index in [4.69, 9.17) is 18.5 Å². The number of carbonyl (C=O) groups is 2. The van der Waals surface area contributed by atoms with Crippen molar-refractivity contribution in [1.29, 1.82) is 0 Å². The maximum absolute atomic E-state index is 13.0. The topological polar surface area (TPSA) is 276 Å². The van der Waals surface area contributed by atoms with E-state index in [9.17, 15) is 58.9 Å². The predicted octanol–water partition coefficient (Wildman–Crippen LogP) is 8.03. The minimum absolute atomic E-state index is 0.0483. The van der Waals surface area contributed by atoms with Gasteiger partial charge in [0.15, 0.2) is 6.10 Å². The summed E-state index contributed by atoms with van der Waals surface area (Å²) in [4.78, 5) is 54.3. The highest BCUT2D eigenvalue weighted by Gasteiger charge is 2.54. The summed E-state index contributed by atoms with van der Waals surface area (Å²) >= 11 is 0. The molecule has 9 atom stereocenters. The lowest BCUT2D eigenvalue weighted by Crippen LogP contribution is -2.64. The number of unbranched alkanes of at least 4 members (excludes halogenated alkanes) is 12. The average molecular weight is 981 g/mol. The maximum atomic E-state index is 13.0. The molecule has 382 valence electrons. The van der Waals surface area contributed by atoms with Crippen LogP contribution in [0.2, 0.25) is 0 Å². The molecular weight excluding hydrogens is 898 g/mol. The summed E-state index contributed by atoms with van der Waals surface area (Å²) in [6, 6.07) is 0. The van der Waals surface area contributed by atoms with Crippen molar-refractivity contribution in [2.75, 3.05) is 13.2 Å². The minimum atomic E-state index is -5.38. The van der Waals surface area contributed by atoms with Crippen LogP contribution in [0.4, 0.5) is 0 Å². The van der Waals surface area contributed by atoms with Crippen molar-refractivity contribution >= 4 is 27.6 Å². The number of ether oxygens (including phenoxy) is 2. The van der Waals surface area contributed by atoms with E-state index < -0.39 is 83.5 Å². The Hall–Kier alpha value is -2.34. The second-order valence-electron chi connectivity index (χ2n) is 16.6. The van der Waals surface area contributed by atoms with Gasteiger partial charge < -0.3 is 49.7 Å². The molecule has 0 radical (unpaired) electrons. The number of carbonyl (C=O) groups excluding carboxylic acids is 2. The molecule has 1 aliphatic carbocycles. The van der Waals surface area contributed by atoms with Crippen LogP contribution in [-0.2, 0) is 41.8 Å². The molecule has 8 N–H and O–H groups in total. The van der Waals surface area contributed by atoms with E-state index in [2.05, 4.69) is 35.8 Å². The zero-order valence-corrected chi connectivity index (χ0v) is 41.0. The molecule has 0 bridgehead atoms. The van der Waals surface area contributed by atoms with Crippen LogP contribution >= 0.6 is 15.6 Å². The number of hydrogen-bond acceptors (Lipinski definition) is 14. The number of esters is 2. The van der Waals surface area contributed by atoms with E-state index in [1.165, 1.54) is 38.5 Å². The monoisotopic (exact) mass is 981 g/mol. The fourth-order valence-electron chi connectivity index (χ4n) is 6.98. The van der Waals surface area contributed by atoms with E-state index >= 15 is 0 Å². The van der Waals surface area contributed by atoms with Crippen molar-refractivity contribution in [2.24, 2.45) is 0 Å². The Morgan fingerprint density at radius 3 is 1.61 bits per heavy atom. The van der Waals surface area contributed by atoms with Crippen LogP contribution in [-0.4, -0.2) is 114 Å². The molecule has 1 saturated carbocycles. The fraction of sp³-hybridized carbons (Fsp3) is 0.745. The molecule has 1 aliphatic rings. The SMILES string of the molecule is CC/C=C\CCCCCCCCCCCCCC(=O)OC[C@H](COP(=O)(O)O[C@H]1C(O)C(O)C(O)[C@@H](OP(=O)(O)O)C1O)OC(=O)CCC/C=C\C/C=C\C/C=C\C/C=C\CC(O)CCC. The molecule has 19 heteroatoms. The largest absolute Gasteiger partial charge is 0.472 e. The van der Waals surface area contributed by atoms with Gasteiger partial charge in [-0.05, 0) is 70.6 Å². The third-order valence-electron chi connectivity index (χ3n) is 10.6. The van der Waals surface area contributed by atoms with Crippen molar-refractivity contribution in [3.8, 4) is 0 Å². The van der Waals surface area contributed by atoms with Gasteiger partial charge in [-0.3, -0.25) is 23.2 Å². The van der Waals surface area contributed by atoms with Crippen LogP contribution in [0.3, 0.4) is 0 Å². The highest BCUT2D eigenvalue weighted by Crippen LogP contribution is 2.49. The molecule has 0 aromatic rings. The third kappa shape index (κ3) is 31.7. The van der Waals surface area contributed by atoms with Gasteiger partial charge in [0.25, 0.3) is 0 Å². The Labute approximate surface area is 392 Å². The van der Waals surface area contributed by atoms with E-state index in [0.29, 0.717) is 32.1 Å². The first-order valence-corrected chi connectivity index (χ1v) is 26.9. The summed E-state index contributed by atoms with van der Waals surface area (Å²) in [5, 5.41) is 51.0. The minimum Gasteiger partial charge on any atom is -0.462 e. The Morgan fingerprint density at radius 2 is 1.05 bits per heavy atom. The average Bonchev–Trinajstić information content (AvgIpc) is 3.26. The Kier molecular flexibility index (Phi) is 35.1. The molecule has 0 heterocycles. The van der Waals surface area contributed by atoms with E-state index in [1.54, 1.807) is 0 Å². The maximum Gasteiger partial charge on any atom is 0.472 e. The number of rotatable bonds is 39. The summed E-state index contributed by atoms with van der Waals surface area (Å²) in [6.07, 6.45) is 25.3. The van der Waals surface area contributed by atoms with Gasteiger partial charge in [0.05, 0.1) is 12.7 Å². The Bertz CT molecular complexity index is 1530. The number of phosphoric acid groups is 2. The molecule has 0 amide bonds. The fourth-order valence-corrected chi connectivity index (χ4v) is 8.52. The van der Waals surface area contributed by atoms with Gasteiger partial charge in [0.1, 0.15) is 43.2 Å². The van der Waals surface area contributed by atoms with Crippen LogP contribution in [0, 0.1) is 0 Å². The Morgan fingerprint density at radius 1 is 0.561 bits per heavy atom. The van der Waals surface area contributed by atoms with Crippen molar-refractivity contribution in [2.45, 2.75) is 210 Å². The van der Waals surface area contributed by atoms with Crippen LogP contribution in [0.5, 0.6) is 0 Å². The van der Waals surface area contributed by atoms with Gasteiger partial charge in [-0.25, -0.2) is 9.13 Å². The van der Waals surface area contributed by atoms with Gasteiger partial charge in [-0.2, -0.15) is 0 Å². The highest BCUT2D eigenvalue weighted by atomic mass is 31.2. The molecule has 0 aromatic carbocycles. The molecular formula is C47H82O17P2. The normalized spacial score (nSPS) is 22.5. The number of aliphatic hydroxyl groups excluding tert-OH is 5. The van der Waals surface area contributed by atoms with Crippen molar-refractivity contribution in [3.63, 3.8) is 0 Å². The Balaban J connectivity index is 2.64. The van der Waals surface area contributed by atoms with Crippen LogP contribution in [0.25, 0.3) is 0 Å². The second-order valence-corrected chi connectivity index (χ2v) is 19.2. The molecule has 66 heavy (non-hydrogen) atoms. The van der Waals surface area contributed by atoms with E-state index in [1.807, 2.05) is 43.4 Å². The number of allylic oxidation sites excluding steroid dienone is 9. The highest BCUT2D eigenvalue weighted by molar-refractivity contribution is 7.47. The molecule has 0 saturated heterocycles. The molecule has 6 unspecified atom stereocenters. The quantitative estimate of drug-likeness (QED) is 0.0125. The molecule has 1 fully saturated rings. The van der Waals surface area contributed by atoms with Crippen molar-refractivity contribution < 1.29 is 82.0 Å². The van der Waals surface area contributed by atoms with Gasteiger partial charge in [-0.1, -0.05) is 139 Å². The van der Waals surface area contributed by atoms with E-state index in [-0.39, 0.29) is 18.9 Å². The summed E-state index contributed by atoms with van der Waals surface area (Å²) in [5.74, 6) is -1.29. The van der Waals surface area contributed by atoms with Gasteiger partial charge in [0, 0.05) is 12.8 Å². The van der Waals surface area contributed by atoms with E-state index in [0.717, 1.165) is 64.2 Å². The van der Waals surface area contributed by atoms with Crippen LogP contribution in [0.1, 0.15) is 162 Å². The zero-order valence-electron chi connectivity index (χ0n) is 39.2. The summed E-state index contributed by atoms with van der Waals surface area (Å²) < 4.78 is 49.3. The molecule has 1 rings (SSSR count). The molecule has 0 aromatic heterocycles. The zero-order chi connectivity index (χ0) is 49.1. The van der Waals surface area contributed by atoms with Crippen molar-refractivity contribution in [3.05, 3.63) is 60.8 Å². The van der Waals surface area contributed by atoms with Gasteiger partial charge >= 0.3 is 27.6 Å². The standard InChI is InChI=1S/C47H82O17P2/c1-3-5-6-7-8-9-10-11-12-15-18-21-24-27-30-34-40(49)60-36-39(37-61-66(58,59)64-47-44(53)42(51)43(52)46(45(47)54)63-65(55,56)57)62-41(50)35-31-28-25-22-19-16-13-14-17-20-23-26-29-33-38(48)32-4-2/h5-6,13,16-17,20,22,25-26,29,38-39,42-48,51-54H,3-4,7-12,14-15,18-19,21,23-24,27-28,30-37H2,1-2H3,(H,58,59)(H2,55,56,57)/b6-5-,16-13-,20-17-,25-22-,29-26-/t38?,39-,42?,43?,44?,45?,46-,47+/m1/s1. The lowest BCUT2D eigenvalue weighted by Gasteiger charge is -2.43. The number of phosphoric ester groups is 2. The number of aliphatic hydroxyl groups is 5. The number of hydrogen-bond donors (Lipinski definition) is 8. The summed E-state index contributed by atoms with van der Waals surface area (Å²) in [5.41, 5.74) is 0. The van der Waals surface area contributed by atoms with Crippen LogP contribution < -0.4 is 0 Å². The summed E-state index contributed by atoms with van der Waals surface area (Å²) in [6.45, 7) is 2.78. The van der Waals surface area contributed by atoms with Crippen LogP contribution in [0.15, 0.2) is 60.8 Å².